The smallest absolute Gasteiger partial charge is 0.354 e. The van der Waals surface area contributed by atoms with E-state index in [-0.39, 0.29) is 18.3 Å². The van der Waals surface area contributed by atoms with Crippen molar-refractivity contribution >= 4 is 17.7 Å². The summed E-state index contributed by atoms with van der Waals surface area (Å²) < 4.78 is 12.1. The molecule has 1 heterocycles. The van der Waals surface area contributed by atoms with Crippen LogP contribution in [0.2, 0.25) is 0 Å². The molecule has 1 amide bonds. The molecule has 0 fully saturated rings. The first-order valence-corrected chi connectivity index (χ1v) is 10.4. The van der Waals surface area contributed by atoms with Gasteiger partial charge >= 0.3 is 5.97 Å². The second-order valence-corrected chi connectivity index (χ2v) is 7.59. The van der Waals surface area contributed by atoms with Gasteiger partial charge in [-0.1, -0.05) is 37.3 Å². The van der Waals surface area contributed by atoms with Crippen LogP contribution in [-0.4, -0.2) is 53.4 Å². The molecule has 1 unspecified atom stereocenters. The largest absolute Gasteiger partial charge is 0.464 e. The van der Waals surface area contributed by atoms with Crippen molar-refractivity contribution in [3.8, 4) is 0 Å². The van der Waals surface area contributed by atoms with E-state index in [1.165, 1.54) is 7.11 Å². The van der Waals surface area contributed by atoms with Gasteiger partial charge in [0, 0.05) is 24.8 Å². The maximum atomic E-state index is 13.4. The van der Waals surface area contributed by atoms with Gasteiger partial charge in [-0.25, -0.2) is 4.79 Å². The number of ketones is 1. The van der Waals surface area contributed by atoms with Gasteiger partial charge in [0.05, 0.1) is 19.8 Å². The second-order valence-electron chi connectivity index (χ2n) is 7.59. The van der Waals surface area contributed by atoms with Crippen LogP contribution >= 0.6 is 0 Å². The van der Waals surface area contributed by atoms with Crippen LogP contribution in [0.4, 0.5) is 0 Å². The maximum Gasteiger partial charge on any atom is 0.354 e. The molecule has 7 nitrogen and oxygen atoms in total. The Morgan fingerprint density at radius 1 is 1.13 bits per heavy atom. The third-order valence-electron chi connectivity index (χ3n) is 5.52. The van der Waals surface area contributed by atoms with Gasteiger partial charge in [-0.2, -0.15) is 0 Å². The average Bonchev–Trinajstić information content (AvgIpc) is 2.99. The number of methoxy groups -OCH3 is 1. The molecule has 2 rings (SSSR count). The first-order valence-electron chi connectivity index (χ1n) is 10.4. The van der Waals surface area contributed by atoms with E-state index in [9.17, 15) is 14.4 Å². The monoisotopic (exact) mass is 428 g/mol. The van der Waals surface area contributed by atoms with E-state index in [2.05, 4.69) is 0 Å². The van der Waals surface area contributed by atoms with Crippen LogP contribution in [0.15, 0.2) is 30.3 Å². The van der Waals surface area contributed by atoms with E-state index >= 15 is 0 Å². The molecule has 1 aromatic carbocycles. The number of esters is 1. The van der Waals surface area contributed by atoms with Gasteiger partial charge in [0.15, 0.2) is 5.78 Å². The maximum absolute atomic E-state index is 13.4. The molecule has 0 aliphatic heterocycles. The third kappa shape index (κ3) is 5.41. The molecule has 0 saturated heterocycles. The lowest BCUT2D eigenvalue weighted by Crippen LogP contribution is -2.45. The molecule has 0 radical (unpaired) electrons. The van der Waals surface area contributed by atoms with Crippen molar-refractivity contribution in [2.45, 2.75) is 46.8 Å². The summed E-state index contributed by atoms with van der Waals surface area (Å²) in [6, 6.07) is 8.93. The van der Waals surface area contributed by atoms with E-state index in [0.29, 0.717) is 42.1 Å². The molecule has 0 aliphatic rings. The van der Waals surface area contributed by atoms with Crippen molar-refractivity contribution in [2.75, 3.05) is 20.3 Å². The lowest BCUT2D eigenvalue weighted by Gasteiger charge is -2.28. The van der Waals surface area contributed by atoms with Crippen LogP contribution in [0.1, 0.15) is 57.9 Å². The number of aromatic nitrogens is 1. The van der Waals surface area contributed by atoms with E-state index in [1.807, 2.05) is 37.3 Å². The molecule has 0 bridgehead atoms. The van der Waals surface area contributed by atoms with E-state index in [0.717, 1.165) is 5.56 Å². The molecule has 0 saturated carbocycles. The fraction of sp³-hybridized carbons (Fsp3) is 0.458. The minimum Gasteiger partial charge on any atom is -0.464 e. The van der Waals surface area contributed by atoms with Gasteiger partial charge in [-0.15, -0.1) is 0 Å². The first kappa shape index (κ1) is 24.3. The highest BCUT2D eigenvalue weighted by molar-refractivity contribution is 6.06. The minimum atomic E-state index is -0.682. The molecular weight excluding hydrogens is 396 g/mol. The van der Waals surface area contributed by atoms with Gasteiger partial charge in [-0.05, 0) is 38.3 Å². The van der Waals surface area contributed by atoms with Crippen LogP contribution in [-0.2, 0) is 27.9 Å². The molecule has 31 heavy (non-hydrogen) atoms. The van der Waals surface area contributed by atoms with Crippen LogP contribution in [0.3, 0.4) is 0 Å². The van der Waals surface area contributed by atoms with Crippen molar-refractivity contribution in [3.05, 3.63) is 58.4 Å². The number of benzene rings is 1. The number of nitrogens with zero attached hydrogens (tertiary/aromatic N) is 2. The summed E-state index contributed by atoms with van der Waals surface area (Å²) in [5.74, 6) is -0.936. The SMILES string of the molecule is CCCN(C(=O)COCc1ccccc1)C(C)C(=O)c1c(C)c(C(=O)OC)n(C)c1C. The van der Waals surface area contributed by atoms with Crippen LogP contribution in [0, 0.1) is 13.8 Å². The van der Waals surface area contributed by atoms with Gasteiger partial charge in [0.2, 0.25) is 5.91 Å². The minimum absolute atomic E-state index is 0.104. The van der Waals surface area contributed by atoms with Gasteiger partial charge in [-0.3, -0.25) is 9.59 Å². The fourth-order valence-corrected chi connectivity index (χ4v) is 3.77. The zero-order chi connectivity index (χ0) is 23.1. The Kier molecular flexibility index (Phi) is 8.56. The second kappa shape index (κ2) is 10.9. The summed E-state index contributed by atoms with van der Waals surface area (Å²) in [7, 11) is 3.04. The number of ether oxygens (including phenoxy) is 2. The molecular formula is C24H32N2O5. The summed E-state index contributed by atoms with van der Waals surface area (Å²) >= 11 is 0. The van der Waals surface area contributed by atoms with Crippen LogP contribution < -0.4 is 0 Å². The molecule has 2 aromatic rings. The zero-order valence-electron chi connectivity index (χ0n) is 19.2. The third-order valence-corrected chi connectivity index (χ3v) is 5.52. The van der Waals surface area contributed by atoms with Crippen molar-refractivity contribution in [1.29, 1.82) is 0 Å². The molecule has 0 aliphatic carbocycles. The quantitative estimate of drug-likeness (QED) is 0.428. The number of amides is 1. The number of hydrogen-bond donors (Lipinski definition) is 0. The standard InChI is InChI=1S/C24H32N2O5/c1-7-13-26(20(27)15-31-14-19-11-9-8-10-12-19)18(4)23(28)21-16(2)22(24(29)30-6)25(5)17(21)3/h8-12,18H,7,13-15H2,1-6H3. The molecule has 168 valence electrons. The normalized spacial score (nSPS) is 11.8. The molecule has 0 N–H and O–H groups in total. The van der Waals surface area contributed by atoms with E-state index < -0.39 is 12.0 Å². The molecule has 1 atom stereocenters. The Bertz CT molecular complexity index is 933. The Hall–Kier alpha value is -2.93. The van der Waals surface area contributed by atoms with Crippen molar-refractivity contribution < 1.29 is 23.9 Å². The van der Waals surface area contributed by atoms with E-state index in [4.69, 9.17) is 9.47 Å². The lowest BCUT2D eigenvalue weighted by molar-refractivity contribution is -0.137. The van der Waals surface area contributed by atoms with Gasteiger partial charge < -0.3 is 18.9 Å². The predicted octanol–water partition coefficient (Wildman–Crippen LogP) is 3.46. The highest BCUT2D eigenvalue weighted by Gasteiger charge is 2.32. The summed E-state index contributed by atoms with van der Waals surface area (Å²) in [6.07, 6.45) is 0.711. The Morgan fingerprint density at radius 2 is 1.77 bits per heavy atom. The number of carbonyl (C=O) groups excluding carboxylic acids is 3. The topological polar surface area (TPSA) is 77.8 Å². The Balaban J connectivity index is 2.19. The number of carbonyl (C=O) groups is 3. The summed E-state index contributed by atoms with van der Waals surface area (Å²) in [6.45, 7) is 7.85. The Morgan fingerprint density at radius 3 is 2.35 bits per heavy atom. The van der Waals surface area contributed by atoms with Crippen molar-refractivity contribution in [1.82, 2.24) is 9.47 Å². The molecule has 0 spiro atoms. The zero-order valence-corrected chi connectivity index (χ0v) is 19.2. The van der Waals surface area contributed by atoms with E-state index in [1.54, 1.807) is 37.3 Å². The fourth-order valence-electron chi connectivity index (χ4n) is 3.77. The summed E-state index contributed by atoms with van der Waals surface area (Å²) in [4.78, 5) is 40.0. The number of rotatable bonds is 10. The van der Waals surface area contributed by atoms with Crippen LogP contribution in [0.5, 0.6) is 0 Å². The molecule has 7 heteroatoms. The van der Waals surface area contributed by atoms with Crippen molar-refractivity contribution in [3.63, 3.8) is 0 Å². The highest BCUT2D eigenvalue weighted by Crippen LogP contribution is 2.24. The van der Waals surface area contributed by atoms with Crippen molar-refractivity contribution in [2.24, 2.45) is 7.05 Å². The first-order chi connectivity index (χ1) is 14.7. The predicted molar refractivity (Wildman–Crippen MR) is 118 cm³/mol. The highest BCUT2D eigenvalue weighted by atomic mass is 16.5. The lowest BCUT2D eigenvalue weighted by atomic mass is 9.99. The van der Waals surface area contributed by atoms with Gasteiger partial charge in [0.1, 0.15) is 12.3 Å². The Labute approximate surface area is 183 Å². The van der Waals surface area contributed by atoms with Crippen LogP contribution in [0.25, 0.3) is 0 Å². The van der Waals surface area contributed by atoms with Gasteiger partial charge in [0.25, 0.3) is 0 Å². The average molecular weight is 429 g/mol. The summed E-state index contributed by atoms with van der Waals surface area (Å²) in [5.41, 5.74) is 3.00. The molecule has 1 aromatic heterocycles. The summed E-state index contributed by atoms with van der Waals surface area (Å²) in [5, 5.41) is 0. The number of Topliss-reactive ketones (excluding diaryl/α,β-unsaturated/α-hetero) is 1. The number of hydrogen-bond acceptors (Lipinski definition) is 5.